The van der Waals surface area contributed by atoms with Gasteiger partial charge in [0.1, 0.15) is 0 Å². The van der Waals surface area contributed by atoms with Crippen LogP contribution in [0.25, 0.3) is 10.9 Å². The van der Waals surface area contributed by atoms with Crippen molar-refractivity contribution in [1.82, 2.24) is 9.55 Å². The Bertz CT molecular complexity index is 930. The number of rotatable bonds is 6. The van der Waals surface area contributed by atoms with Crippen molar-refractivity contribution in [2.24, 2.45) is 5.92 Å². The molecule has 0 spiro atoms. The summed E-state index contributed by atoms with van der Waals surface area (Å²) in [5, 5.41) is 1.25. The van der Waals surface area contributed by atoms with E-state index in [2.05, 4.69) is 0 Å². The topological polar surface area (TPSA) is 70.4 Å². The fourth-order valence-corrected chi connectivity index (χ4v) is 5.45. The molecule has 4 rings (SSSR count). The standard InChI is InChI=1S/C22H28N2O4S/c1-27-21(26)16-9-10-18-19(12-16)23-22(29-14-15-6-3-2-4-7-15)24(20(18)25)13-17-8-5-11-28-17/h9-10,12,15,17H,2-8,11,13-14H2,1H3/t17-/m0/s1. The summed E-state index contributed by atoms with van der Waals surface area (Å²) in [6.07, 6.45) is 8.49. The third kappa shape index (κ3) is 4.67. The van der Waals surface area contributed by atoms with Crippen molar-refractivity contribution in [2.75, 3.05) is 19.5 Å². The Labute approximate surface area is 175 Å². The number of methoxy groups -OCH3 is 1. The van der Waals surface area contributed by atoms with E-state index >= 15 is 0 Å². The molecule has 1 saturated carbocycles. The fourth-order valence-electron chi connectivity index (χ4n) is 4.25. The van der Waals surface area contributed by atoms with Crippen LogP contribution in [0.3, 0.4) is 0 Å². The van der Waals surface area contributed by atoms with Gasteiger partial charge >= 0.3 is 5.97 Å². The minimum Gasteiger partial charge on any atom is -0.465 e. The summed E-state index contributed by atoms with van der Waals surface area (Å²) in [6, 6.07) is 4.96. The van der Waals surface area contributed by atoms with Crippen LogP contribution in [-0.2, 0) is 16.0 Å². The lowest BCUT2D eigenvalue weighted by Gasteiger charge is -2.22. The summed E-state index contributed by atoms with van der Waals surface area (Å²) in [5.41, 5.74) is 0.896. The third-order valence-electron chi connectivity index (χ3n) is 5.92. The van der Waals surface area contributed by atoms with E-state index in [1.165, 1.54) is 39.2 Å². The van der Waals surface area contributed by atoms with Crippen LogP contribution < -0.4 is 5.56 Å². The highest BCUT2D eigenvalue weighted by Gasteiger charge is 2.22. The highest BCUT2D eigenvalue weighted by atomic mass is 32.2. The van der Waals surface area contributed by atoms with Crippen LogP contribution >= 0.6 is 11.8 Å². The highest BCUT2D eigenvalue weighted by Crippen LogP contribution is 2.30. The van der Waals surface area contributed by atoms with E-state index < -0.39 is 5.97 Å². The molecule has 6 nitrogen and oxygen atoms in total. The van der Waals surface area contributed by atoms with Gasteiger partial charge in [-0.3, -0.25) is 9.36 Å². The van der Waals surface area contributed by atoms with Crippen molar-refractivity contribution in [2.45, 2.75) is 62.8 Å². The fraction of sp³-hybridized carbons (Fsp3) is 0.591. The van der Waals surface area contributed by atoms with Gasteiger partial charge in [-0.1, -0.05) is 31.0 Å². The van der Waals surface area contributed by atoms with Gasteiger partial charge in [0.05, 0.1) is 36.2 Å². The molecule has 1 saturated heterocycles. The van der Waals surface area contributed by atoms with Gasteiger partial charge < -0.3 is 9.47 Å². The molecule has 2 heterocycles. The molecule has 0 unspecified atom stereocenters. The molecule has 2 fully saturated rings. The van der Waals surface area contributed by atoms with Crippen molar-refractivity contribution in [3.05, 3.63) is 34.1 Å². The Balaban J connectivity index is 1.68. The molecule has 0 radical (unpaired) electrons. The number of esters is 1. The maximum Gasteiger partial charge on any atom is 0.337 e. The number of hydrogen-bond donors (Lipinski definition) is 0. The van der Waals surface area contributed by atoms with Gasteiger partial charge in [0.15, 0.2) is 5.16 Å². The van der Waals surface area contributed by atoms with E-state index in [-0.39, 0.29) is 11.7 Å². The second-order valence-electron chi connectivity index (χ2n) is 7.98. The van der Waals surface area contributed by atoms with Crippen LogP contribution in [-0.4, -0.2) is 41.1 Å². The van der Waals surface area contributed by atoms with E-state index in [9.17, 15) is 9.59 Å². The molecule has 0 bridgehead atoms. The highest BCUT2D eigenvalue weighted by molar-refractivity contribution is 7.99. The third-order valence-corrected chi connectivity index (χ3v) is 7.13. The molecule has 29 heavy (non-hydrogen) atoms. The van der Waals surface area contributed by atoms with E-state index in [0.29, 0.717) is 28.9 Å². The first kappa shape index (κ1) is 20.4. The first-order chi connectivity index (χ1) is 14.2. The quantitative estimate of drug-likeness (QED) is 0.402. The van der Waals surface area contributed by atoms with Crippen LogP contribution in [0.5, 0.6) is 0 Å². The summed E-state index contributed by atoms with van der Waals surface area (Å²) in [4.78, 5) is 30.0. The van der Waals surface area contributed by atoms with Crippen molar-refractivity contribution < 1.29 is 14.3 Å². The zero-order valence-electron chi connectivity index (χ0n) is 16.9. The van der Waals surface area contributed by atoms with E-state index in [0.717, 1.165) is 30.4 Å². The lowest BCUT2D eigenvalue weighted by Crippen LogP contribution is -2.29. The number of hydrogen-bond acceptors (Lipinski definition) is 6. The number of thioether (sulfide) groups is 1. The molecule has 2 aromatic rings. The van der Waals surface area contributed by atoms with Crippen LogP contribution in [0, 0.1) is 5.92 Å². The van der Waals surface area contributed by atoms with E-state index in [1.807, 2.05) is 0 Å². The van der Waals surface area contributed by atoms with Crippen molar-refractivity contribution in [3.63, 3.8) is 0 Å². The van der Waals surface area contributed by atoms with Gasteiger partial charge in [0.25, 0.3) is 5.56 Å². The minimum absolute atomic E-state index is 0.0620. The smallest absolute Gasteiger partial charge is 0.337 e. The van der Waals surface area contributed by atoms with Crippen LogP contribution in [0.1, 0.15) is 55.3 Å². The van der Waals surface area contributed by atoms with Crippen LogP contribution in [0.2, 0.25) is 0 Å². The van der Waals surface area contributed by atoms with E-state index in [4.69, 9.17) is 14.5 Å². The zero-order chi connectivity index (χ0) is 20.2. The van der Waals surface area contributed by atoms with Gasteiger partial charge in [0, 0.05) is 12.4 Å². The normalized spacial score (nSPS) is 20.2. The number of ether oxygens (including phenoxy) is 2. The number of aromatic nitrogens is 2. The molecule has 1 aliphatic carbocycles. The Morgan fingerprint density at radius 2 is 2.07 bits per heavy atom. The summed E-state index contributed by atoms with van der Waals surface area (Å²) < 4.78 is 12.4. The minimum atomic E-state index is -0.423. The van der Waals surface area contributed by atoms with E-state index in [1.54, 1.807) is 34.5 Å². The molecular formula is C22H28N2O4S. The zero-order valence-corrected chi connectivity index (χ0v) is 17.7. The van der Waals surface area contributed by atoms with Gasteiger partial charge in [-0.25, -0.2) is 9.78 Å². The molecular weight excluding hydrogens is 388 g/mol. The Hall–Kier alpha value is -1.86. The number of carbonyl (C=O) groups is 1. The van der Waals surface area contributed by atoms with Gasteiger partial charge in [-0.05, 0) is 49.8 Å². The predicted octanol–water partition coefficient (Wildman–Crippen LogP) is 4.03. The monoisotopic (exact) mass is 416 g/mol. The molecule has 7 heteroatoms. The van der Waals surface area contributed by atoms with Crippen molar-refractivity contribution >= 4 is 28.6 Å². The van der Waals surface area contributed by atoms with Crippen LogP contribution in [0.4, 0.5) is 0 Å². The Kier molecular flexibility index (Phi) is 6.55. The number of fused-ring (bicyclic) bond motifs is 1. The lowest BCUT2D eigenvalue weighted by atomic mass is 9.91. The molecule has 2 aliphatic rings. The molecule has 0 N–H and O–H groups in total. The number of benzene rings is 1. The van der Waals surface area contributed by atoms with Crippen LogP contribution in [0.15, 0.2) is 28.2 Å². The van der Waals surface area contributed by atoms with Crippen molar-refractivity contribution in [1.29, 1.82) is 0 Å². The van der Waals surface area contributed by atoms with Crippen molar-refractivity contribution in [3.8, 4) is 0 Å². The SMILES string of the molecule is COC(=O)c1ccc2c(=O)n(C[C@@H]3CCCO3)c(SCC3CCCCC3)nc2c1. The second kappa shape index (κ2) is 9.30. The summed E-state index contributed by atoms with van der Waals surface area (Å²) in [6.45, 7) is 1.29. The van der Waals surface area contributed by atoms with Gasteiger partial charge in [-0.15, -0.1) is 0 Å². The Morgan fingerprint density at radius 3 is 2.79 bits per heavy atom. The second-order valence-corrected chi connectivity index (χ2v) is 8.97. The average Bonchev–Trinajstić information content (AvgIpc) is 3.27. The Morgan fingerprint density at radius 1 is 1.24 bits per heavy atom. The van der Waals surface area contributed by atoms with Gasteiger partial charge in [-0.2, -0.15) is 0 Å². The predicted molar refractivity (Wildman–Crippen MR) is 114 cm³/mol. The number of nitrogens with zero attached hydrogens (tertiary/aromatic N) is 2. The number of carbonyl (C=O) groups excluding carboxylic acids is 1. The first-order valence-corrected chi connectivity index (χ1v) is 11.5. The molecule has 1 aromatic heterocycles. The molecule has 1 aromatic carbocycles. The maximum atomic E-state index is 13.3. The first-order valence-electron chi connectivity index (χ1n) is 10.5. The maximum absolute atomic E-state index is 13.3. The summed E-state index contributed by atoms with van der Waals surface area (Å²) in [5.74, 6) is 1.23. The molecule has 0 amide bonds. The lowest BCUT2D eigenvalue weighted by molar-refractivity contribution is 0.0601. The molecule has 156 valence electrons. The summed E-state index contributed by atoms with van der Waals surface area (Å²) in [7, 11) is 1.35. The molecule has 1 atom stereocenters. The summed E-state index contributed by atoms with van der Waals surface area (Å²) >= 11 is 1.67. The average molecular weight is 417 g/mol. The largest absolute Gasteiger partial charge is 0.465 e. The van der Waals surface area contributed by atoms with Gasteiger partial charge in [0.2, 0.25) is 0 Å². The molecule has 1 aliphatic heterocycles.